The number of aromatic nitrogens is 2. The highest BCUT2D eigenvalue weighted by Crippen LogP contribution is 2.18. The Hall–Kier alpha value is -1.40. The monoisotopic (exact) mass is 237 g/mol. The van der Waals surface area contributed by atoms with Crippen LogP contribution in [0.5, 0.6) is 0 Å². The Bertz CT molecular complexity index is 359. The zero-order chi connectivity index (χ0) is 12.1. The van der Waals surface area contributed by atoms with Gasteiger partial charge in [0.1, 0.15) is 18.0 Å². The van der Waals surface area contributed by atoms with Gasteiger partial charge in [0.25, 0.3) is 0 Å². The quantitative estimate of drug-likeness (QED) is 0.706. The summed E-state index contributed by atoms with van der Waals surface area (Å²) >= 11 is 0. The van der Waals surface area contributed by atoms with Gasteiger partial charge in [0.2, 0.25) is 0 Å². The summed E-state index contributed by atoms with van der Waals surface area (Å²) in [6.45, 7) is 3.24. The van der Waals surface area contributed by atoms with E-state index in [2.05, 4.69) is 20.2 Å². The molecule has 6 nitrogen and oxygen atoms in total. The summed E-state index contributed by atoms with van der Waals surface area (Å²) in [4.78, 5) is 10.6. The molecule has 0 radical (unpaired) electrons. The molecule has 94 valence electrons. The van der Waals surface area contributed by atoms with Gasteiger partial charge < -0.3 is 20.7 Å². The van der Waals surface area contributed by atoms with Gasteiger partial charge in [0, 0.05) is 38.9 Å². The maximum absolute atomic E-state index is 5.88. The van der Waals surface area contributed by atoms with E-state index < -0.39 is 0 Å². The predicted octanol–water partition coefficient (Wildman–Crippen LogP) is 0.0723. The molecule has 0 aliphatic carbocycles. The zero-order valence-electron chi connectivity index (χ0n) is 10.1. The molecule has 1 aromatic rings. The summed E-state index contributed by atoms with van der Waals surface area (Å²) in [5, 5.41) is 3.19. The van der Waals surface area contributed by atoms with Crippen LogP contribution in [0.2, 0.25) is 0 Å². The molecule has 1 aliphatic rings. The zero-order valence-corrected chi connectivity index (χ0v) is 10.1. The molecule has 6 heteroatoms. The average molecular weight is 237 g/mol. The molecule has 0 aromatic carbocycles. The lowest BCUT2D eigenvalue weighted by Crippen LogP contribution is -2.27. The van der Waals surface area contributed by atoms with Crippen molar-refractivity contribution in [1.82, 2.24) is 9.97 Å². The van der Waals surface area contributed by atoms with Crippen LogP contribution in [0.1, 0.15) is 6.42 Å². The number of rotatable bonds is 5. The highest BCUT2D eigenvalue weighted by atomic mass is 16.5. The van der Waals surface area contributed by atoms with Crippen LogP contribution in [0.3, 0.4) is 0 Å². The number of anilines is 2. The van der Waals surface area contributed by atoms with Crippen molar-refractivity contribution >= 4 is 11.6 Å². The number of methoxy groups -OCH3 is 1. The number of nitrogens with two attached hydrogens (primary N) is 1. The van der Waals surface area contributed by atoms with Gasteiger partial charge in [-0.15, -0.1) is 0 Å². The smallest absolute Gasteiger partial charge is 0.134 e. The van der Waals surface area contributed by atoms with Gasteiger partial charge in [0.05, 0.1) is 6.61 Å². The standard InChI is InChI=1S/C11H19N5O/c1-17-5-3-13-10-6-11(15-8-14-10)16-4-2-9(12)7-16/h6,8-9H,2-5,7,12H2,1H3,(H,13,14,15). The van der Waals surface area contributed by atoms with Gasteiger partial charge >= 0.3 is 0 Å². The molecular formula is C11H19N5O. The molecule has 2 heterocycles. The van der Waals surface area contributed by atoms with Gasteiger partial charge in [-0.3, -0.25) is 0 Å². The first-order valence-electron chi connectivity index (χ1n) is 5.85. The number of nitrogens with one attached hydrogen (secondary N) is 1. The van der Waals surface area contributed by atoms with E-state index in [1.54, 1.807) is 13.4 Å². The van der Waals surface area contributed by atoms with E-state index in [0.717, 1.165) is 37.7 Å². The van der Waals surface area contributed by atoms with E-state index in [4.69, 9.17) is 10.5 Å². The molecule has 1 atom stereocenters. The topological polar surface area (TPSA) is 76.3 Å². The lowest BCUT2D eigenvalue weighted by atomic mass is 10.3. The highest BCUT2D eigenvalue weighted by molar-refractivity contribution is 5.49. The Morgan fingerprint density at radius 3 is 3.18 bits per heavy atom. The molecule has 17 heavy (non-hydrogen) atoms. The fourth-order valence-corrected chi connectivity index (χ4v) is 1.89. The van der Waals surface area contributed by atoms with Crippen LogP contribution >= 0.6 is 0 Å². The van der Waals surface area contributed by atoms with Gasteiger partial charge in [-0.25, -0.2) is 9.97 Å². The van der Waals surface area contributed by atoms with Gasteiger partial charge in [-0.1, -0.05) is 0 Å². The molecule has 0 bridgehead atoms. The van der Waals surface area contributed by atoms with Crippen molar-refractivity contribution in [3.63, 3.8) is 0 Å². The van der Waals surface area contributed by atoms with Crippen LogP contribution in [-0.4, -0.2) is 49.4 Å². The number of hydrogen-bond acceptors (Lipinski definition) is 6. The molecule has 1 aliphatic heterocycles. The van der Waals surface area contributed by atoms with Crippen molar-refractivity contribution in [2.75, 3.05) is 43.6 Å². The Morgan fingerprint density at radius 2 is 2.47 bits per heavy atom. The van der Waals surface area contributed by atoms with Crippen LogP contribution in [0.25, 0.3) is 0 Å². The maximum Gasteiger partial charge on any atom is 0.134 e. The summed E-state index contributed by atoms with van der Waals surface area (Å²) in [6.07, 6.45) is 2.60. The minimum atomic E-state index is 0.259. The van der Waals surface area contributed by atoms with Crippen molar-refractivity contribution in [2.24, 2.45) is 5.73 Å². The average Bonchev–Trinajstić information content (AvgIpc) is 2.77. The lowest BCUT2D eigenvalue weighted by Gasteiger charge is -2.17. The largest absolute Gasteiger partial charge is 0.383 e. The van der Waals surface area contributed by atoms with Crippen LogP contribution in [0, 0.1) is 0 Å². The number of ether oxygens (including phenoxy) is 1. The fraction of sp³-hybridized carbons (Fsp3) is 0.636. The summed E-state index contributed by atoms with van der Waals surface area (Å²) in [7, 11) is 1.68. The maximum atomic E-state index is 5.88. The molecular weight excluding hydrogens is 218 g/mol. The van der Waals surface area contributed by atoms with Crippen LogP contribution in [0.4, 0.5) is 11.6 Å². The molecule has 1 saturated heterocycles. The van der Waals surface area contributed by atoms with Gasteiger partial charge in [0.15, 0.2) is 0 Å². The van der Waals surface area contributed by atoms with Gasteiger partial charge in [-0.05, 0) is 6.42 Å². The third-order valence-electron chi connectivity index (χ3n) is 2.81. The van der Waals surface area contributed by atoms with Crippen LogP contribution < -0.4 is 16.0 Å². The first-order chi connectivity index (χ1) is 8.29. The second kappa shape index (κ2) is 5.79. The normalized spacial score (nSPS) is 19.6. The Labute approximate surface area is 101 Å². The van der Waals surface area contributed by atoms with E-state index >= 15 is 0 Å². The molecule has 2 rings (SSSR count). The Morgan fingerprint density at radius 1 is 1.59 bits per heavy atom. The van der Waals surface area contributed by atoms with Crippen molar-refractivity contribution in [3.05, 3.63) is 12.4 Å². The second-order valence-corrected chi connectivity index (χ2v) is 4.18. The summed E-state index contributed by atoms with van der Waals surface area (Å²) in [6, 6.07) is 2.21. The first-order valence-corrected chi connectivity index (χ1v) is 5.85. The fourth-order valence-electron chi connectivity index (χ4n) is 1.89. The highest BCUT2D eigenvalue weighted by Gasteiger charge is 2.20. The third kappa shape index (κ3) is 3.28. The molecule has 1 unspecified atom stereocenters. The second-order valence-electron chi connectivity index (χ2n) is 4.18. The van der Waals surface area contributed by atoms with Crippen molar-refractivity contribution < 1.29 is 4.74 Å². The predicted molar refractivity (Wildman–Crippen MR) is 67.2 cm³/mol. The van der Waals surface area contributed by atoms with E-state index in [1.165, 1.54) is 0 Å². The van der Waals surface area contributed by atoms with Crippen LogP contribution in [-0.2, 0) is 4.74 Å². The minimum absolute atomic E-state index is 0.259. The van der Waals surface area contributed by atoms with Crippen molar-refractivity contribution in [3.8, 4) is 0 Å². The minimum Gasteiger partial charge on any atom is -0.383 e. The van der Waals surface area contributed by atoms with Crippen molar-refractivity contribution in [1.29, 1.82) is 0 Å². The number of hydrogen-bond donors (Lipinski definition) is 2. The SMILES string of the molecule is COCCNc1cc(N2CCC(N)C2)ncn1. The molecule has 0 spiro atoms. The first kappa shape index (κ1) is 12.1. The molecule has 0 saturated carbocycles. The summed E-state index contributed by atoms with van der Waals surface area (Å²) in [5.74, 6) is 1.76. The third-order valence-corrected chi connectivity index (χ3v) is 2.81. The molecule has 0 amide bonds. The summed E-state index contributed by atoms with van der Waals surface area (Å²) in [5.41, 5.74) is 5.88. The van der Waals surface area contributed by atoms with Gasteiger partial charge in [-0.2, -0.15) is 0 Å². The van der Waals surface area contributed by atoms with E-state index in [0.29, 0.717) is 6.61 Å². The molecule has 1 aromatic heterocycles. The van der Waals surface area contributed by atoms with E-state index in [9.17, 15) is 0 Å². The Kier molecular flexibility index (Phi) is 4.11. The number of nitrogens with zero attached hydrogens (tertiary/aromatic N) is 3. The van der Waals surface area contributed by atoms with E-state index in [-0.39, 0.29) is 6.04 Å². The molecule has 3 N–H and O–H groups in total. The van der Waals surface area contributed by atoms with Crippen molar-refractivity contribution in [2.45, 2.75) is 12.5 Å². The lowest BCUT2D eigenvalue weighted by molar-refractivity contribution is 0.210. The van der Waals surface area contributed by atoms with E-state index in [1.807, 2.05) is 6.07 Å². The molecule has 1 fully saturated rings. The summed E-state index contributed by atoms with van der Waals surface area (Å²) < 4.78 is 4.97. The Balaban J connectivity index is 1.96. The van der Waals surface area contributed by atoms with Crippen LogP contribution in [0.15, 0.2) is 12.4 Å².